The predicted molar refractivity (Wildman–Crippen MR) is 440 cm³/mol. The number of carbonyl (C=O) groups is 3. The van der Waals surface area contributed by atoms with E-state index in [-0.39, 0.29) is 12.3 Å². The Morgan fingerprint density at radius 2 is 0.839 bits per heavy atom. The lowest BCUT2D eigenvalue weighted by Crippen LogP contribution is -2.70. The molecule has 0 radical (unpaired) electrons. The highest BCUT2D eigenvalue weighted by Gasteiger charge is 2.60. The highest BCUT2D eigenvalue weighted by atomic mass is 16.8. The number of amides is 2. The van der Waals surface area contributed by atoms with Crippen molar-refractivity contribution in [1.82, 2.24) is 10.6 Å². The van der Waals surface area contributed by atoms with Crippen LogP contribution < -0.4 is 10.6 Å². The van der Waals surface area contributed by atoms with Crippen LogP contribution in [0.2, 0.25) is 0 Å². The third-order valence-electron chi connectivity index (χ3n) is 23.1. The van der Waals surface area contributed by atoms with Gasteiger partial charge in [0, 0.05) is 19.8 Å². The summed E-state index contributed by atoms with van der Waals surface area (Å²) in [6.45, 7) is 2.22. The number of ether oxygens (including phenoxy) is 6. The molecule has 14 N–H and O–H groups in total. The zero-order valence-electron chi connectivity index (χ0n) is 70.3. The molecule has 3 heterocycles. The van der Waals surface area contributed by atoms with Crippen molar-refractivity contribution in [2.45, 2.75) is 497 Å². The van der Waals surface area contributed by atoms with Crippen LogP contribution in [0.25, 0.3) is 0 Å². The molecule has 0 aromatic rings. The van der Waals surface area contributed by atoms with E-state index in [0.717, 1.165) is 51.9 Å². The van der Waals surface area contributed by atoms with Crippen molar-refractivity contribution in [3.8, 4) is 0 Å². The van der Waals surface area contributed by atoms with Crippen molar-refractivity contribution in [3.05, 3.63) is 24.3 Å². The van der Waals surface area contributed by atoms with Crippen molar-refractivity contribution in [2.24, 2.45) is 0 Å². The van der Waals surface area contributed by atoms with Crippen LogP contribution in [0.1, 0.15) is 387 Å². The number of carboxylic acid groups (broad SMARTS) is 1. The van der Waals surface area contributed by atoms with Crippen LogP contribution in [0.5, 0.6) is 0 Å². The van der Waals surface area contributed by atoms with Crippen LogP contribution >= 0.6 is 0 Å². The summed E-state index contributed by atoms with van der Waals surface area (Å²) in [4.78, 5) is 38.8. The fourth-order valence-electron chi connectivity index (χ4n) is 15.9. The van der Waals surface area contributed by atoms with Gasteiger partial charge in [0.2, 0.25) is 11.8 Å². The third-order valence-corrected chi connectivity index (χ3v) is 23.1. The van der Waals surface area contributed by atoms with E-state index in [9.17, 15) is 75.7 Å². The molecule has 0 aromatic carbocycles. The second-order valence-corrected chi connectivity index (χ2v) is 33.2. The monoisotopic (exact) mass is 1600 g/mol. The van der Waals surface area contributed by atoms with E-state index in [1.165, 1.54) is 295 Å². The molecule has 0 aliphatic carbocycles. The second-order valence-electron chi connectivity index (χ2n) is 33.2. The third kappa shape index (κ3) is 45.4. The molecule has 0 spiro atoms. The molecule has 2 amide bonds. The van der Waals surface area contributed by atoms with Crippen molar-refractivity contribution in [2.75, 3.05) is 26.4 Å². The van der Waals surface area contributed by atoms with E-state index in [1.807, 2.05) is 6.08 Å². The van der Waals surface area contributed by atoms with Gasteiger partial charge in [-0.15, -0.1) is 0 Å². The molecular formula is C89H166N2O21. The molecule has 18 unspecified atom stereocenters. The molecule has 18 atom stereocenters. The molecule has 3 rings (SSSR count). The van der Waals surface area contributed by atoms with E-state index in [4.69, 9.17) is 28.4 Å². The Morgan fingerprint density at radius 1 is 0.464 bits per heavy atom. The number of carbonyl (C=O) groups excluding carboxylic acids is 2. The lowest BCUT2D eigenvalue weighted by molar-refractivity contribution is -0.386. The number of aliphatic hydroxyl groups excluding tert-OH is 11. The average molecular weight is 1600 g/mol. The lowest BCUT2D eigenvalue weighted by atomic mass is 9.88. The zero-order chi connectivity index (χ0) is 81.7. The number of aliphatic carboxylic acids is 1. The molecule has 658 valence electrons. The minimum Gasteiger partial charge on any atom is -0.477 e. The number of nitrogens with one attached hydrogen (secondary N) is 2. The van der Waals surface area contributed by atoms with Gasteiger partial charge in [-0.3, -0.25) is 9.59 Å². The van der Waals surface area contributed by atoms with Gasteiger partial charge in [-0.25, -0.2) is 4.79 Å². The molecule has 0 saturated carbocycles. The number of allylic oxidation sites excluding steroid dienone is 3. The summed E-state index contributed by atoms with van der Waals surface area (Å²) in [5, 5.41) is 137. The molecule has 23 nitrogen and oxygen atoms in total. The molecule has 3 aliphatic rings. The van der Waals surface area contributed by atoms with Crippen molar-refractivity contribution in [1.29, 1.82) is 0 Å². The van der Waals surface area contributed by atoms with Gasteiger partial charge in [0.15, 0.2) is 12.6 Å². The van der Waals surface area contributed by atoms with Gasteiger partial charge in [0.1, 0.15) is 67.1 Å². The molecule has 3 saturated heterocycles. The highest BCUT2D eigenvalue weighted by molar-refractivity contribution is 5.77. The van der Waals surface area contributed by atoms with E-state index >= 15 is 0 Å². The summed E-state index contributed by atoms with van der Waals surface area (Å²) in [5.74, 6) is -6.13. The van der Waals surface area contributed by atoms with Gasteiger partial charge >= 0.3 is 5.97 Å². The maximum absolute atomic E-state index is 13.6. The fourth-order valence-corrected chi connectivity index (χ4v) is 15.9. The molecule has 0 aromatic heterocycles. The van der Waals surface area contributed by atoms with Crippen molar-refractivity contribution in [3.63, 3.8) is 0 Å². The van der Waals surface area contributed by atoms with E-state index in [2.05, 4.69) is 36.6 Å². The molecule has 23 heteroatoms. The molecule has 0 bridgehead atoms. The zero-order valence-corrected chi connectivity index (χ0v) is 70.3. The fraction of sp³-hybridized carbons (Fsp3) is 0.921. The number of unbranched alkanes of at least 4 members (excludes halogenated alkanes) is 52. The van der Waals surface area contributed by atoms with Crippen LogP contribution in [-0.4, -0.2) is 215 Å². The topological polar surface area (TPSA) is 373 Å². The minimum absolute atomic E-state index is 0.204. The molecular weight excluding hydrogens is 1430 g/mol. The van der Waals surface area contributed by atoms with E-state index in [0.29, 0.717) is 12.8 Å². The first-order valence-corrected chi connectivity index (χ1v) is 45.7. The smallest absolute Gasteiger partial charge is 0.364 e. The summed E-state index contributed by atoms with van der Waals surface area (Å²) in [6.07, 6.45) is 49.5. The van der Waals surface area contributed by atoms with Crippen LogP contribution in [0.15, 0.2) is 24.3 Å². The Morgan fingerprint density at radius 3 is 1.21 bits per heavy atom. The standard InChI is InChI=1S/C89H166N2O21/c1-4-6-8-10-12-14-16-18-20-22-24-26-28-29-30-31-32-33-34-35-36-37-38-39-41-43-45-47-49-51-53-55-57-59-61-63-76(99)91-70(71(96)62-60-58-56-54-52-50-48-46-44-42-40-27-25-23-21-19-17-15-13-11-9-7-5-2)68-107-86-81(103)80(102)83(75(67-94)109-86)110-87-82(104)85(79(101)74(66-93)108-87)112-89(88(105)106)64-72(97)77(90-69(3)95)84(111-89)78(100)73(98)65-92/h31-32,60,62,70-75,77-87,92-94,96-98,100-104H,4-30,33-59,61,63-68H2,1-3H3,(H,90,95)(H,91,99)(H,105,106)/b32-31-,62-60+. The van der Waals surface area contributed by atoms with Crippen molar-refractivity contribution < 1.29 is 104 Å². The SMILES string of the molecule is CCCCCCCCCCCCCCCC/C=C\CCCCCCCCCCCCCCCCCCCC(=O)NC(COC1OC(CO)C(OC2OC(CO)C(O)C(OC3(C(=O)O)CC(O)C(NC(C)=O)C(C(O)C(O)CO)O3)C2O)C(O)C1O)C(O)/C=C/CCCCCCCCCCCCCCCCCCCCCCC. The maximum Gasteiger partial charge on any atom is 0.364 e. The number of aliphatic hydroxyl groups is 11. The first-order chi connectivity index (χ1) is 54.4. The van der Waals surface area contributed by atoms with Crippen LogP contribution in [0.3, 0.4) is 0 Å². The highest BCUT2D eigenvalue weighted by Crippen LogP contribution is 2.39. The van der Waals surface area contributed by atoms with Gasteiger partial charge in [0.05, 0.1) is 50.7 Å². The predicted octanol–water partition coefficient (Wildman–Crippen LogP) is 14.6. The first kappa shape index (κ1) is 103. The molecule has 3 fully saturated rings. The Labute approximate surface area is 676 Å². The summed E-state index contributed by atoms with van der Waals surface area (Å²) in [5.41, 5.74) is 0. The lowest BCUT2D eigenvalue weighted by Gasteiger charge is -2.50. The summed E-state index contributed by atoms with van der Waals surface area (Å²) in [7, 11) is 0. The van der Waals surface area contributed by atoms with E-state index in [1.54, 1.807) is 6.08 Å². The number of hydrogen-bond acceptors (Lipinski definition) is 20. The van der Waals surface area contributed by atoms with Crippen LogP contribution in [0.4, 0.5) is 0 Å². The summed E-state index contributed by atoms with van der Waals surface area (Å²) >= 11 is 0. The van der Waals surface area contributed by atoms with Gasteiger partial charge < -0.3 is 100 Å². The number of hydrogen-bond donors (Lipinski definition) is 14. The van der Waals surface area contributed by atoms with Crippen LogP contribution in [0, 0.1) is 0 Å². The Kier molecular flexibility index (Phi) is 61.9. The number of carboxylic acids is 1. The summed E-state index contributed by atoms with van der Waals surface area (Å²) < 4.78 is 35.0. The Hall–Kier alpha value is -2.79. The van der Waals surface area contributed by atoms with Crippen molar-refractivity contribution >= 4 is 17.8 Å². The number of rotatable bonds is 74. The van der Waals surface area contributed by atoms with Crippen LogP contribution in [-0.2, 0) is 42.8 Å². The Bertz CT molecular complexity index is 2310. The second kappa shape index (κ2) is 67.0. The maximum atomic E-state index is 13.6. The quantitative estimate of drug-likeness (QED) is 0.0199. The van der Waals surface area contributed by atoms with Gasteiger partial charge in [0.25, 0.3) is 5.79 Å². The van der Waals surface area contributed by atoms with Gasteiger partial charge in [-0.2, -0.15) is 0 Å². The Balaban J connectivity index is 1.44. The van der Waals surface area contributed by atoms with Gasteiger partial charge in [-0.1, -0.05) is 346 Å². The largest absolute Gasteiger partial charge is 0.477 e. The van der Waals surface area contributed by atoms with Gasteiger partial charge in [-0.05, 0) is 44.9 Å². The molecule has 112 heavy (non-hydrogen) atoms. The molecule has 3 aliphatic heterocycles. The average Bonchev–Trinajstić information content (AvgIpc) is 0.756. The minimum atomic E-state index is -3.08. The normalized spacial score (nSPS) is 25.4. The van der Waals surface area contributed by atoms with E-state index < -0.39 is 155 Å². The summed E-state index contributed by atoms with van der Waals surface area (Å²) in [6, 6.07) is -2.62. The first-order valence-electron chi connectivity index (χ1n) is 45.7.